The summed E-state index contributed by atoms with van der Waals surface area (Å²) in [4.78, 5) is 15.2. The molecule has 3 heterocycles. The quantitative estimate of drug-likeness (QED) is 0.543. The minimum atomic E-state index is -0.874. The molecule has 2 aliphatic rings. The van der Waals surface area contributed by atoms with Crippen LogP contribution in [0.5, 0.6) is 5.75 Å². The van der Waals surface area contributed by atoms with Crippen LogP contribution < -0.4 is 10.2 Å². The Hall–Kier alpha value is -2.70. The minimum absolute atomic E-state index is 0.0234. The molecule has 1 aromatic heterocycles. The van der Waals surface area contributed by atoms with E-state index < -0.39 is 5.54 Å². The van der Waals surface area contributed by atoms with Crippen LogP contribution in [0.3, 0.4) is 0 Å². The van der Waals surface area contributed by atoms with E-state index in [4.69, 9.17) is 23.2 Å². The number of benzene rings is 2. The number of phenols is 1. The summed E-state index contributed by atoms with van der Waals surface area (Å²) < 4.78 is 0. The van der Waals surface area contributed by atoms with Gasteiger partial charge in [0.15, 0.2) is 5.69 Å². The summed E-state index contributed by atoms with van der Waals surface area (Å²) in [6.07, 6.45) is 0. The van der Waals surface area contributed by atoms with Gasteiger partial charge in [-0.25, -0.2) is 0 Å². The lowest BCUT2D eigenvalue weighted by Gasteiger charge is -2.37. The Bertz CT molecular complexity index is 1170. The van der Waals surface area contributed by atoms with Crippen LogP contribution in [-0.4, -0.2) is 27.8 Å². The maximum Gasteiger partial charge on any atom is 0.280 e. The second kappa shape index (κ2) is 6.15. The average molecular weight is 429 g/mol. The van der Waals surface area contributed by atoms with Crippen LogP contribution in [-0.2, 0) is 5.54 Å². The van der Waals surface area contributed by atoms with Crippen molar-refractivity contribution in [3.05, 3.63) is 69.0 Å². The number of anilines is 2. The number of carbonyl (C=O) groups excluding carboxylic acids is 1. The van der Waals surface area contributed by atoms with Gasteiger partial charge in [-0.05, 0) is 36.2 Å². The Morgan fingerprint density at radius 1 is 1.17 bits per heavy atom. The number of nitrogens with zero attached hydrogens (tertiary/aromatic N) is 2. The lowest BCUT2D eigenvalue weighted by Crippen LogP contribution is -2.47. The van der Waals surface area contributed by atoms with Gasteiger partial charge in [-0.3, -0.25) is 14.8 Å². The maximum atomic E-state index is 13.6. The first-order valence-electron chi connectivity index (χ1n) is 9.30. The summed E-state index contributed by atoms with van der Waals surface area (Å²) in [5.74, 6) is -0.185. The highest BCUT2D eigenvalue weighted by molar-refractivity contribution is 6.31. The van der Waals surface area contributed by atoms with Crippen LogP contribution in [0, 0.1) is 0 Å². The lowest BCUT2D eigenvalue weighted by atomic mass is 9.82. The van der Waals surface area contributed by atoms with Crippen LogP contribution in [0.25, 0.3) is 0 Å². The summed E-state index contributed by atoms with van der Waals surface area (Å²) >= 11 is 12.4. The van der Waals surface area contributed by atoms with E-state index in [0.717, 1.165) is 22.5 Å². The van der Waals surface area contributed by atoms with Gasteiger partial charge in [0.2, 0.25) is 0 Å². The van der Waals surface area contributed by atoms with E-state index >= 15 is 0 Å². The largest absolute Gasteiger partial charge is 0.506 e. The van der Waals surface area contributed by atoms with E-state index in [9.17, 15) is 9.90 Å². The Morgan fingerprint density at radius 3 is 2.66 bits per heavy atom. The Balaban J connectivity index is 1.86. The summed E-state index contributed by atoms with van der Waals surface area (Å²) in [6, 6.07) is 10.3. The molecule has 148 valence electrons. The molecule has 2 aromatic carbocycles. The van der Waals surface area contributed by atoms with Crippen LogP contribution in [0.1, 0.15) is 47.1 Å². The highest BCUT2D eigenvalue weighted by Crippen LogP contribution is 2.55. The second-order valence-corrected chi connectivity index (χ2v) is 8.57. The normalized spacial score (nSPS) is 19.8. The first-order chi connectivity index (χ1) is 13.8. The van der Waals surface area contributed by atoms with Gasteiger partial charge in [-0.1, -0.05) is 43.1 Å². The number of rotatable bonds is 2. The number of halogens is 2. The third-order valence-corrected chi connectivity index (χ3v) is 6.18. The van der Waals surface area contributed by atoms with Crippen LogP contribution >= 0.6 is 23.2 Å². The highest BCUT2D eigenvalue weighted by Gasteiger charge is 2.58. The Labute approximate surface area is 177 Å². The zero-order valence-electron chi connectivity index (χ0n) is 15.8. The first-order valence-corrected chi connectivity index (χ1v) is 10.1. The van der Waals surface area contributed by atoms with E-state index in [1.807, 2.05) is 18.2 Å². The fourth-order valence-corrected chi connectivity index (χ4v) is 4.83. The number of aromatic amines is 1. The van der Waals surface area contributed by atoms with Crippen LogP contribution in [0.4, 0.5) is 11.4 Å². The van der Waals surface area contributed by atoms with Gasteiger partial charge in [-0.15, -0.1) is 0 Å². The van der Waals surface area contributed by atoms with Crippen molar-refractivity contribution < 1.29 is 9.90 Å². The van der Waals surface area contributed by atoms with Crippen LogP contribution in [0.15, 0.2) is 36.4 Å². The zero-order valence-corrected chi connectivity index (χ0v) is 17.3. The number of phenolic OH excluding ortho intramolecular Hbond substituents is 1. The molecule has 0 fully saturated rings. The molecule has 1 spiro atoms. The van der Waals surface area contributed by atoms with Gasteiger partial charge in [0.1, 0.15) is 11.3 Å². The topological polar surface area (TPSA) is 81.2 Å². The van der Waals surface area contributed by atoms with Gasteiger partial charge < -0.3 is 10.4 Å². The maximum absolute atomic E-state index is 13.6. The molecule has 0 bridgehead atoms. The summed E-state index contributed by atoms with van der Waals surface area (Å²) in [5, 5.41) is 22.5. The number of aromatic hydroxyl groups is 1. The van der Waals surface area contributed by atoms with Gasteiger partial charge in [0.05, 0.1) is 5.69 Å². The van der Waals surface area contributed by atoms with Gasteiger partial charge in [0.25, 0.3) is 5.91 Å². The Kier molecular flexibility index (Phi) is 3.89. The molecule has 3 N–H and O–H groups in total. The molecule has 5 rings (SSSR count). The summed E-state index contributed by atoms with van der Waals surface area (Å²) in [6.45, 7) is 4.53. The van der Waals surface area contributed by atoms with Crippen molar-refractivity contribution in [2.24, 2.45) is 0 Å². The SMILES string of the molecule is CC(C)c1[nH]nc2c1C1(CNc3cc(Cl)ccc31)N(c1cc(Cl)ccc1O)C2=O. The molecule has 29 heavy (non-hydrogen) atoms. The van der Waals surface area contributed by atoms with E-state index in [1.54, 1.807) is 17.0 Å². The highest BCUT2D eigenvalue weighted by atomic mass is 35.5. The molecule has 0 radical (unpaired) electrons. The first kappa shape index (κ1) is 18.3. The molecule has 0 aliphatic carbocycles. The summed E-state index contributed by atoms with van der Waals surface area (Å²) in [7, 11) is 0. The number of fused-ring (bicyclic) bond motifs is 4. The molecule has 2 aliphatic heterocycles. The zero-order chi connectivity index (χ0) is 20.5. The average Bonchev–Trinajstić information content (AvgIpc) is 3.32. The number of aromatic nitrogens is 2. The molecule has 0 saturated carbocycles. The van der Waals surface area contributed by atoms with Crippen molar-refractivity contribution in [1.29, 1.82) is 0 Å². The third kappa shape index (κ3) is 2.36. The van der Waals surface area contributed by atoms with Crippen molar-refractivity contribution >= 4 is 40.5 Å². The van der Waals surface area contributed by atoms with Gasteiger partial charge >= 0.3 is 0 Å². The van der Waals surface area contributed by atoms with E-state index in [1.165, 1.54) is 6.07 Å². The van der Waals surface area contributed by atoms with Crippen molar-refractivity contribution in [3.63, 3.8) is 0 Å². The van der Waals surface area contributed by atoms with Crippen molar-refractivity contribution in [2.45, 2.75) is 25.3 Å². The molecule has 1 unspecified atom stereocenters. The number of hydrogen-bond acceptors (Lipinski definition) is 4. The van der Waals surface area contributed by atoms with Crippen LogP contribution in [0.2, 0.25) is 10.0 Å². The fraction of sp³-hybridized carbons (Fsp3) is 0.238. The molecule has 1 amide bonds. The molecule has 6 nitrogen and oxygen atoms in total. The van der Waals surface area contributed by atoms with Crippen molar-refractivity contribution in [1.82, 2.24) is 10.2 Å². The van der Waals surface area contributed by atoms with Crippen molar-refractivity contribution in [3.8, 4) is 5.75 Å². The fourth-order valence-electron chi connectivity index (χ4n) is 4.49. The lowest BCUT2D eigenvalue weighted by molar-refractivity contribution is 0.0979. The minimum Gasteiger partial charge on any atom is -0.506 e. The van der Waals surface area contributed by atoms with Crippen molar-refractivity contribution in [2.75, 3.05) is 16.8 Å². The third-order valence-electron chi connectivity index (χ3n) is 5.71. The summed E-state index contributed by atoms with van der Waals surface area (Å²) in [5.41, 5.74) is 3.29. The monoisotopic (exact) mass is 428 g/mol. The molecular weight excluding hydrogens is 411 g/mol. The second-order valence-electron chi connectivity index (χ2n) is 7.69. The molecule has 0 saturated heterocycles. The number of hydrogen-bond donors (Lipinski definition) is 3. The number of amides is 1. The smallest absolute Gasteiger partial charge is 0.280 e. The Morgan fingerprint density at radius 2 is 1.90 bits per heavy atom. The number of carbonyl (C=O) groups is 1. The predicted molar refractivity (Wildman–Crippen MR) is 113 cm³/mol. The molecule has 8 heteroatoms. The molecule has 3 aromatic rings. The standard InChI is InChI=1S/C21H18Cl2N4O2/c1-10(2)18-17-19(26-25-18)20(29)27(15-8-12(23)4-6-16(15)28)21(17)9-24-14-7-11(22)3-5-13(14)21/h3-8,10,24,28H,9H2,1-2H3,(H,25,26). The molecular formula is C21H18Cl2N4O2. The van der Waals surface area contributed by atoms with E-state index in [-0.39, 0.29) is 17.6 Å². The predicted octanol–water partition coefficient (Wildman–Crippen LogP) is 4.88. The van der Waals surface area contributed by atoms with Gasteiger partial charge in [0, 0.05) is 39.1 Å². The van der Waals surface area contributed by atoms with E-state index in [0.29, 0.717) is 28.0 Å². The van der Waals surface area contributed by atoms with Gasteiger partial charge in [-0.2, -0.15) is 5.10 Å². The number of H-pyrrole nitrogens is 1. The van der Waals surface area contributed by atoms with E-state index in [2.05, 4.69) is 29.4 Å². The number of nitrogens with one attached hydrogen (secondary N) is 2. The molecule has 1 atom stereocenters.